The van der Waals surface area contributed by atoms with E-state index in [2.05, 4.69) is 20.7 Å². The molecule has 1 aromatic rings. The van der Waals surface area contributed by atoms with Gasteiger partial charge in [-0.1, -0.05) is 13.8 Å². The van der Waals surface area contributed by atoms with Crippen molar-refractivity contribution in [2.75, 3.05) is 23.0 Å². The van der Waals surface area contributed by atoms with Crippen LogP contribution < -0.4 is 21.7 Å². The smallest absolute Gasteiger partial charge is 0.209 e. The third-order valence-corrected chi connectivity index (χ3v) is 3.57. The molecule has 0 saturated carbocycles. The molecule has 0 aromatic carbocycles. The molecule has 114 valence electrons. The summed E-state index contributed by atoms with van der Waals surface area (Å²) in [5, 5.41) is 8.04. The fraction of sp³-hybridized carbons (Fsp3) is 0.636. The van der Waals surface area contributed by atoms with Gasteiger partial charge in [-0.2, -0.15) is 0 Å². The van der Waals surface area contributed by atoms with Crippen molar-refractivity contribution in [2.45, 2.75) is 33.1 Å². The highest BCUT2D eigenvalue weighted by atomic mass is 32.2. The van der Waals surface area contributed by atoms with Gasteiger partial charge < -0.3 is 10.7 Å². The summed E-state index contributed by atoms with van der Waals surface area (Å²) in [5.74, 6) is 7.39. The third kappa shape index (κ3) is 4.91. The molecule has 0 unspecified atom stereocenters. The number of anilines is 2. The van der Waals surface area contributed by atoms with Crippen molar-refractivity contribution in [1.82, 2.24) is 9.97 Å². The number of hydrogen-bond donors (Lipinski definition) is 4. The Hall–Kier alpha value is -1.45. The number of aromatic nitrogens is 2. The standard InChI is InChI=1S/C11H22N6O2S/c1-7(2)9-15-10(8(3)11(16-9)17-12)14-5-4-6-20(13,18)19/h7H,4-6,12H2,1-3H3,(H2,13,18,19)(H2,14,15,16,17). The average molecular weight is 302 g/mol. The second-order valence-electron chi connectivity index (χ2n) is 4.85. The minimum atomic E-state index is -3.43. The van der Waals surface area contributed by atoms with E-state index < -0.39 is 10.0 Å². The summed E-state index contributed by atoms with van der Waals surface area (Å²) in [6.07, 6.45) is 0.407. The van der Waals surface area contributed by atoms with E-state index in [9.17, 15) is 8.42 Å². The van der Waals surface area contributed by atoms with Crippen molar-refractivity contribution >= 4 is 21.7 Å². The molecule has 1 rings (SSSR count). The SMILES string of the molecule is Cc1c(NN)nc(C(C)C)nc1NCCCS(N)(=O)=O. The maximum atomic E-state index is 10.9. The molecule has 0 fully saturated rings. The van der Waals surface area contributed by atoms with Crippen LogP contribution in [0.25, 0.3) is 0 Å². The van der Waals surface area contributed by atoms with Gasteiger partial charge in [-0.3, -0.25) is 0 Å². The van der Waals surface area contributed by atoms with Gasteiger partial charge in [0.2, 0.25) is 10.0 Å². The normalized spacial score (nSPS) is 11.7. The Balaban J connectivity index is 2.80. The van der Waals surface area contributed by atoms with E-state index in [-0.39, 0.29) is 11.7 Å². The molecule has 20 heavy (non-hydrogen) atoms. The van der Waals surface area contributed by atoms with Crippen molar-refractivity contribution in [3.63, 3.8) is 0 Å². The molecular weight excluding hydrogens is 280 g/mol. The van der Waals surface area contributed by atoms with Crippen LogP contribution in [0.5, 0.6) is 0 Å². The van der Waals surface area contributed by atoms with Crippen molar-refractivity contribution in [1.29, 1.82) is 0 Å². The number of nitrogens with zero attached hydrogens (tertiary/aromatic N) is 2. The average Bonchev–Trinajstić information content (AvgIpc) is 2.34. The van der Waals surface area contributed by atoms with Crippen LogP contribution in [0.1, 0.15) is 37.6 Å². The third-order valence-electron chi connectivity index (χ3n) is 2.71. The van der Waals surface area contributed by atoms with Crippen LogP contribution in [-0.2, 0) is 10.0 Å². The Labute approximate surface area is 119 Å². The molecule has 9 heteroatoms. The molecule has 0 aliphatic carbocycles. The van der Waals surface area contributed by atoms with Gasteiger partial charge in [0.15, 0.2) is 0 Å². The molecule has 1 heterocycles. The van der Waals surface area contributed by atoms with Crippen LogP contribution in [0.2, 0.25) is 0 Å². The van der Waals surface area contributed by atoms with E-state index in [1.165, 1.54) is 0 Å². The Morgan fingerprint density at radius 1 is 1.25 bits per heavy atom. The topological polar surface area (TPSA) is 136 Å². The van der Waals surface area contributed by atoms with E-state index in [1.807, 2.05) is 20.8 Å². The summed E-state index contributed by atoms with van der Waals surface area (Å²) in [4.78, 5) is 8.73. The highest BCUT2D eigenvalue weighted by molar-refractivity contribution is 7.89. The zero-order valence-electron chi connectivity index (χ0n) is 12.0. The fourth-order valence-electron chi connectivity index (χ4n) is 1.58. The number of primary sulfonamides is 1. The predicted octanol–water partition coefficient (Wildman–Crippen LogP) is 0.285. The number of sulfonamides is 1. The molecule has 6 N–H and O–H groups in total. The van der Waals surface area contributed by atoms with Gasteiger partial charge in [-0.15, -0.1) is 0 Å². The zero-order chi connectivity index (χ0) is 15.3. The van der Waals surface area contributed by atoms with E-state index in [1.54, 1.807) is 0 Å². The van der Waals surface area contributed by atoms with Gasteiger partial charge in [-0.25, -0.2) is 29.4 Å². The second-order valence-corrected chi connectivity index (χ2v) is 6.58. The first-order chi connectivity index (χ1) is 9.24. The van der Waals surface area contributed by atoms with Crippen LogP contribution in [0.3, 0.4) is 0 Å². The number of nitrogens with one attached hydrogen (secondary N) is 2. The highest BCUT2D eigenvalue weighted by Crippen LogP contribution is 2.22. The summed E-state index contributed by atoms with van der Waals surface area (Å²) < 4.78 is 21.7. The maximum absolute atomic E-state index is 10.9. The quantitative estimate of drug-likeness (QED) is 0.323. The van der Waals surface area contributed by atoms with Gasteiger partial charge >= 0.3 is 0 Å². The summed E-state index contributed by atoms with van der Waals surface area (Å²) in [5.41, 5.74) is 3.32. The lowest BCUT2D eigenvalue weighted by atomic mass is 10.2. The van der Waals surface area contributed by atoms with E-state index in [0.717, 1.165) is 5.56 Å². The van der Waals surface area contributed by atoms with Crippen LogP contribution in [0.15, 0.2) is 0 Å². The lowest BCUT2D eigenvalue weighted by Gasteiger charge is -2.14. The first-order valence-electron chi connectivity index (χ1n) is 6.34. The number of nitrogens with two attached hydrogens (primary N) is 2. The van der Waals surface area contributed by atoms with Crippen LogP contribution in [0.4, 0.5) is 11.6 Å². The number of nitrogen functional groups attached to an aromatic ring is 1. The summed E-state index contributed by atoms with van der Waals surface area (Å²) >= 11 is 0. The van der Waals surface area contributed by atoms with Crippen LogP contribution >= 0.6 is 0 Å². The van der Waals surface area contributed by atoms with Gasteiger partial charge in [0.25, 0.3) is 0 Å². The van der Waals surface area contributed by atoms with Crippen LogP contribution in [0, 0.1) is 6.92 Å². The van der Waals surface area contributed by atoms with Crippen molar-refractivity contribution in [3.05, 3.63) is 11.4 Å². The molecule has 0 saturated heterocycles. The first kappa shape index (κ1) is 16.6. The molecule has 0 bridgehead atoms. The van der Waals surface area contributed by atoms with E-state index in [4.69, 9.17) is 11.0 Å². The molecule has 8 nitrogen and oxygen atoms in total. The molecule has 0 aliphatic rings. The lowest BCUT2D eigenvalue weighted by molar-refractivity contribution is 0.595. The predicted molar refractivity (Wildman–Crippen MR) is 79.7 cm³/mol. The Bertz CT molecular complexity index is 558. The summed E-state index contributed by atoms with van der Waals surface area (Å²) in [6.45, 7) is 6.25. The van der Waals surface area contributed by atoms with Crippen molar-refractivity contribution in [2.24, 2.45) is 11.0 Å². The second kappa shape index (κ2) is 6.82. The number of hydrazine groups is 1. The van der Waals surface area contributed by atoms with E-state index >= 15 is 0 Å². The number of hydrogen-bond acceptors (Lipinski definition) is 7. The molecule has 1 aromatic heterocycles. The molecule has 0 aliphatic heterocycles. The lowest BCUT2D eigenvalue weighted by Crippen LogP contribution is -2.20. The molecular formula is C11H22N6O2S. The highest BCUT2D eigenvalue weighted by Gasteiger charge is 2.12. The van der Waals surface area contributed by atoms with Gasteiger partial charge in [0.05, 0.1) is 5.75 Å². The van der Waals surface area contributed by atoms with Gasteiger partial charge in [0.1, 0.15) is 17.5 Å². The fourth-order valence-corrected chi connectivity index (χ4v) is 2.13. The Morgan fingerprint density at radius 2 is 1.85 bits per heavy atom. The molecule has 0 spiro atoms. The van der Waals surface area contributed by atoms with Gasteiger partial charge in [-0.05, 0) is 13.3 Å². The largest absolute Gasteiger partial charge is 0.370 e. The summed E-state index contributed by atoms with van der Waals surface area (Å²) in [6, 6.07) is 0. The zero-order valence-corrected chi connectivity index (χ0v) is 12.8. The number of rotatable bonds is 7. The maximum Gasteiger partial charge on any atom is 0.209 e. The minimum Gasteiger partial charge on any atom is -0.370 e. The minimum absolute atomic E-state index is 0.0663. The monoisotopic (exact) mass is 302 g/mol. The first-order valence-corrected chi connectivity index (χ1v) is 8.05. The molecule has 0 atom stereocenters. The Morgan fingerprint density at radius 3 is 2.35 bits per heavy atom. The van der Waals surface area contributed by atoms with Crippen molar-refractivity contribution in [3.8, 4) is 0 Å². The molecule has 0 amide bonds. The van der Waals surface area contributed by atoms with E-state index in [0.29, 0.717) is 30.4 Å². The van der Waals surface area contributed by atoms with Crippen molar-refractivity contribution < 1.29 is 8.42 Å². The molecule has 0 radical (unpaired) electrons. The Kier molecular flexibility index (Phi) is 5.66. The summed E-state index contributed by atoms with van der Waals surface area (Å²) in [7, 11) is -3.43. The van der Waals surface area contributed by atoms with Crippen LogP contribution in [-0.4, -0.2) is 30.7 Å². The van der Waals surface area contributed by atoms with Gasteiger partial charge in [0, 0.05) is 18.0 Å².